The lowest BCUT2D eigenvalue weighted by Crippen LogP contribution is -2.30. The summed E-state index contributed by atoms with van der Waals surface area (Å²) >= 11 is 3.20. The Labute approximate surface area is 139 Å². The maximum Gasteiger partial charge on any atom is 0.233 e. The van der Waals surface area contributed by atoms with Gasteiger partial charge in [-0.2, -0.15) is 0 Å². The summed E-state index contributed by atoms with van der Waals surface area (Å²) in [4.78, 5) is 12.1. The Balaban J connectivity index is 1.76. The molecule has 1 aromatic heterocycles. The van der Waals surface area contributed by atoms with Crippen molar-refractivity contribution < 1.29 is 4.79 Å². The summed E-state index contributed by atoms with van der Waals surface area (Å²) < 4.78 is 0. The third-order valence-electron chi connectivity index (χ3n) is 3.10. The molecule has 118 valence electrons. The number of aromatic nitrogens is 2. The number of amides is 1. The zero-order valence-corrected chi connectivity index (χ0v) is 14.7. The van der Waals surface area contributed by atoms with Crippen molar-refractivity contribution in [2.24, 2.45) is 0 Å². The standard InChI is InChI=1S/C16H21N3OS2/c1-11(2)16-19-18-14(22-16)9-17-15(20)12(3)21-10-13-7-5-4-6-8-13/h4-8,11-12H,9-10H2,1-3H3,(H,17,20)/t12-/m1/s1. The van der Waals surface area contributed by atoms with E-state index in [0.29, 0.717) is 12.5 Å². The largest absolute Gasteiger partial charge is 0.349 e. The lowest BCUT2D eigenvalue weighted by molar-refractivity contribution is -0.120. The fourth-order valence-corrected chi connectivity index (χ4v) is 3.40. The molecule has 0 aliphatic rings. The van der Waals surface area contributed by atoms with Crippen LogP contribution in [0.2, 0.25) is 0 Å². The average molecular weight is 335 g/mol. The van der Waals surface area contributed by atoms with Crippen LogP contribution in [0.4, 0.5) is 0 Å². The molecule has 4 nitrogen and oxygen atoms in total. The Morgan fingerprint density at radius 1 is 1.23 bits per heavy atom. The van der Waals surface area contributed by atoms with Crippen LogP contribution in [0.15, 0.2) is 30.3 Å². The van der Waals surface area contributed by atoms with E-state index >= 15 is 0 Å². The van der Waals surface area contributed by atoms with Gasteiger partial charge in [-0.1, -0.05) is 55.5 Å². The second-order valence-corrected chi connectivity index (χ2v) is 7.77. The van der Waals surface area contributed by atoms with Crippen LogP contribution in [-0.2, 0) is 17.1 Å². The predicted octanol–water partition coefficient (Wildman–Crippen LogP) is 3.60. The number of thioether (sulfide) groups is 1. The molecule has 1 amide bonds. The molecule has 22 heavy (non-hydrogen) atoms. The summed E-state index contributed by atoms with van der Waals surface area (Å²) in [7, 11) is 0. The number of carbonyl (C=O) groups excluding carboxylic acids is 1. The third-order valence-corrected chi connectivity index (χ3v) is 5.54. The van der Waals surface area contributed by atoms with Crippen LogP contribution in [0.3, 0.4) is 0 Å². The van der Waals surface area contributed by atoms with E-state index in [9.17, 15) is 4.79 Å². The molecule has 6 heteroatoms. The molecule has 0 radical (unpaired) electrons. The summed E-state index contributed by atoms with van der Waals surface area (Å²) in [5.74, 6) is 1.26. The van der Waals surface area contributed by atoms with Gasteiger partial charge in [-0.05, 0) is 12.5 Å². The summed E-state index contributed by atoms with van der Waals surface area (Å²) in [6.45, 7) is 6.57. The molecule has 1 heterocycles. The van der Waals surface area contributed by atoms with Crippen molar-refractivity contribution in [3.05, 3.63) is 45.9 Å². The van der Waals surface area contributed by atoms with Crippen molar-refractivity contribution in [2.45, 2.75) is 44.2 Å². The minimum Gasteiger partial charge on any atom is -0.349 e. The Hall–Kier alpha value is -1.40. The molecule has 1 aromatic carbocycles. The molecule has 0 spiro atoms. The van der Waals surface area contributed by atoms with E-state index in [2.05, 4.69) is 41.5 Å². The lowest BCUT2D eigenvalue weighted by atomic mass is 10.2. The zero-order chi connectivity index (χ0) is 15.9. The molecule has 0 bridgehead atoms. The topological polar surface area (TPSA) is 54.9 Å². The van der Waals surface area contributed by atoms with Crippen molar-refractivity contribution in [1.82, 2.24) is 15.5 Å². The Bertz CT molecular complexity index is 598. The van der Waals surface area contributed by atoms with Crippen molar-refractivity contribution in [3.8, 4) is 0 Å². The van der Waals surface area contributed by atoms with Crippen LogP contribution in [0.1, 0.15) is 42.3 Å². The molecular weight excluding hydrogens is 314 g/mol. The number of rotatable bonds is 7. The second kappa shape index (κ2) is 8.29. The molecule has 0 aliphatic heterocycles. The minimum absolute atomic E-state index is 0.0437. The van der Waals surface area contributed by atoms with Crippen LogP contribution in [0.25, 0.3) is 0 Å². The van der Waals surface area contributed by atoms with E-state index in [1.165, 1.54) is 5.56 Å². The van der Waals surface area contributed by atoms with E-state index in [0.717, 1.165) is 15.8 Å². The zero-order valence-electron chi connectivity index (χ0n) is 13.1. The Morgan fingerprint density at radius 2 is 1.95 bits per heavy atom. The highest BCUT2D eigenvalue weighted by Gasteiger charge is 2.14. The SMILES string of the molecule is CC(C)c1nnc(CNC(=O)[C@@H](C)SCc2ccccc2)s1. The van der Waals surface area contributed by atoms with E-state index in [1.807, 2.05) is 25.1 Å². The highest BCUT2D eigenvalue weighted by atomic mass is 32.2. The van der Waals surface area contributed by atoms with Gasteiger partial charge in [0.2, 0.25) is 5.91 Å². The maximum absolute atomic E-state index is 12.1. The summed E-state index contributed by atoms with van der Waals surface area (Å²) in [6.07, 6.45) is 0. The Morgan fingerprint density at radius 3 is 2.59 bits per heavy atom. The molecule has 1 N–H and O–H groups in total. The number of hydrogen-bond acceptors (Lipinski definition) is 5. The summed E-state index contributed by atoms with van der Waals surface area (Å²) in [5, 5.41) is 13.0. The third kappa shape index (κ3) is 5.10. The maximum atomic E-state index is 12.1. The summed E-state index contributed by atoms with van der Waals surface area (Å²) in [6, 6.07) is 10.2. The first-order valence-electron chi connectivity index (χ1n) is 7.31. The van der Waals surface area contributed by atoms with Gasteiger partial charge in [0, 0.05) is 11.7 Å². The number of nitrogens with one attached hydrogen (secondary N) is 1. The van der Waals surface area contributed by atoms with Crippen molar-refractivity contribution in [2.75, 3.05) is 0 Å². The smallest absolute Gasteiger partial charge is 0.233 e. The van der Waals surface area contributed by atoms with Gasteiger partial charge < -0.3 is 5.32 Å². The number of carbonyl (C=O) groups is 1. The molecule has 0 unspecified atom stereocenters. The van der Waals surface area contributed by atoms with Gasteiger partial charge in [0.05, 0.1) is 11.8 Å². The van der Waals surface area contributed by atoms with Crippen LogP contribution in [0.5, 0.6) is 0 Å². The highest BCUT2D eigenvalue weighted by Crippen LogP contribution is 2.20. The van der Waals surface area contributed by atoms with Gasteiger partial charge in [0.15, 0.2) is 0 Å². The quantitative estimate of drug-likeness (QED) is 0.840. The van der Waals surface area contributed by atoms with Crippen LogP contribution < -0.4 is 5.32 Å². The molecule has 0 fully saturated rings. The summed E-state index contributed by atoms with van der Waals surface area (Å²) in [5.41, 5.74) is 1.23. The predicted molar refractivity (Wildman–Crippen MR) is 93.0 cm³/mol. The first-order valence-corrected chi connectivity index (χ1v) is 9.18. The van der Waals surface area contributed by atoms with E-state index < -0.39 is 0 Å². The first-order chi connectivity index (χ1) is 10.6. The van der Waals surface area contributed by atoms with Crippen molar-refractivity contribution in [3.63, 3.8) is 0 Å². The molecular formula is C16H21N3OS2. The second-order valence-electron chi connectivity index (χ2n) is 5.35. The van der Waals surface area contributed by atoms with Crippen LogP contribution >= 0.6 is 23.1 Å². The Kier molecular flexibility index (Phi) is 6.39. The van der Waals surface area contributed by atoms with Gasteiger partial charge in [-0.3, -0.25) is 4.79 Å². The minimum atomic E-state index is -0.0855. The van der Waals surface area contributed by atoms with Gasteiger partial charge >= 0.3 is 0 Å². The van der Waals surface area contributed by atoms with Crippen molar-refractivity contribution >= 4 is 29.0 Å². The average Bonchev–Trinajstić information content (AvgIpc) is 3.00. The monoisotopic (exact) mass is 335 g/mol. The number of benzene rings is 1. The fraction of sp³-hybridized carbons (Fsp3) is 0.438. The highest BCUT2D eigenvalue weighted by molar-refractivity contribution is 7.99. The molecule has 2 rings (SSSR count). The molecule has 0 saturated heterocycles. The van der Waals surface area contributed by atoms with Crippen LogP contribution in [0, 0.1) is 0 Å². The van der Waals surface area contributed by atoms with Gasteiger partial charge in [0.25, 0.3) is 0 Å². The van der Waals surface area contributed by atoms with Gasteiger partial charge in [-0.15, -0.1) is 22.0 Å². The molecule has 2 aromatic rings. The normalized spacial score (nSPS) is 12.4. The number of hydrogen-bond donors (Lipinski definition) is 1. The molecule has 1 atom stereocenters. The van der Waals surface area contributed by atoms with Crippen molar-refractivity contribution in [1.29, 1.82) is 0 Å². The van der Waals surface area contributed by atoms with E-state index in [4.69, 9.17) is 0 Å². The lowest BCUT2D eigenvalue weighted by Gasteiger charge is -2.11. The fourth-order valence-electron chi connectivity index (χ4n) is 1.75. The van der Waals surface area contributed by atoms with Gasteiger partial charge in [0.1, 0.15) is 10.0 Å². The molecule has 0 saturated carbocycles. The van der Waals surface area contributed by atoms with Crippen LogP contribution in [-0.4, -0.2) is 21.4 Å². The first kappa shape index (κ1) is 17.0. The molecule has 0 aliphatic carbocycles. The van der Waals surface area contributed by atoms with Gasteiger partial charge in [-0.25, -0.2) is 0 Å². The van der Waals surface area contributed by atoms with E-state index in [-0.39, 0.29) is 11.2 Å². The van der Waals surface area contributed by atoms with E-state index in [1.54, 1.807) is 23.1 Å². The number of nitrogens with zero attached hydrogens (tertiary/aromatic N) is 2.